The van der Waals surface area contributed by atoms with E-state index in [9.17, 15) is 4.79 Å². The number of benzene rings is 1. The van der Waals surface area contributed by atoms with Crippen LogP contribution in [0.15, 0.2) is 24.3 Å². The van der Waals surface area contributed by atoms with Crippen LogP contribution in [0.4, 0.5) is 0 Å². The number of carbonyl (C=O) groups is 1. The molecular weight excluding hydrogens is 355 g/mol. The number of amides is 1. The van der Waals surface area contributed by atoms with E-state index in [4.69, 9.17) is 20.1 Å². The summed E-state index contributed by atoms with van der Waals surface area (Å²) in [5, 5.41) is 11.8. The highest BCUT2D eigenvalue weighted by Crippen LogP contribution is 2.54. The largest absolute Gasteiger partial charge is 0.436 e. The predicted octanol–water partition coefficient (Wildman–Crippen LogP) is 1.68. The topological polar surface area (TPSA) is 93.8 Å². The van der Waals surface area contributed by atoms with Crippen molar-refractivity contribution in [1.29, 1.82) is 0 Å². The Morgan fingerprint density at radius 2 is 1.86 bits per heavy atom. The third-order valence-electron chi connectivity index (χ3n) is 6.81. The average molecular weight is 388 g/mol. The molecule has 0 unspecified atom stereocenters. The van der Waals surface area contributed by atoms with E-state index in [0.29, 0.717) is 19.4 Å². The van der Waals surface area contributed by atoms with Crippen molar-refractivity contribution in [2.75, 3.05) is 13.7 Å². The summed E-state index contributed by atoms with van der Waals surface area (Å²) in [6.07, 6.45) is 8.10. The summed E-state index contributed by atoms with van der Waals surface area (Å²) in [7, 11) is 1.43. The Kier molecular flexibility index (Phi) is 7.15. The quantitative estimate of drug-likeness (QED) is 0.419. The Hall–Kier alpha value is -1.41. The van der Waals surface area contributed by atoms with E-state index in [0.717, 1.165) is 31.2 Å². The van der Waals surface area contributed by atoms with Crippen LogP contribution in [-0.2, 0) is 26.0 Å². The van der Waals surface area contributed by atoms with Crippen LogP contribution in [0.3, 0.4) is 0 Å². The lowest BCUT2D eigenvalue weighted by Crippen LogP contribution is -2.49. The summed E-state index contributed by atoms with van der Waals surface area (Å²) in [6.45, 7) is 0.524. The maximum atomic E-state index is 12.3. The maximum Gasteiger partial charge on any atom is 0.436 e. The Morgan fingerprint density at radius 3 is 2.39 bits per heavy atom. The average Bonchev–Trinajstić information content (AvgIpc) is 2.74. The monoisotopic (exact) mass is 388 g/mol. The summed E-state index contributed by atoms with van der Waals surface area (Å²) in [4.78, 5) is 12.3. The van der Waals surface area contributed by atoms with Crippen molar-refractivity contribution in [2.45, 2.75) is 75.0 Å². The molecule has 4 N–H and O–H groups in total. The van der Waals surface area contributed by atoms with E-state index in [1.165, 1.54) is 24.8 Å². The van der Waals surface area contributed by atoms with Crippen LogP contribution in [0.5, 0.6) is 0 Å². The highest BCUT2D eigenvalue weighted by Gasteiger charge is 2.49. The smallest absolute Gasteiger partial charge is 0.430 e. The van der Waals surface area contributed by atoms with E-state index < -0.39 is 13.9 Å². The summed E-state index contributed by atoms with van der Waals surface area (Å²) in [6, 6.07) is 8.53. The molecular formula is C21H33BN2O4. The van der Waals surface area contributed by atoms with Gasteiger partial charge in [0.25, 0.3) is 0 Å². The van der Waals surface area contributed by atoms with Gasteiger partial charge in [0, 0.05) is 7.11 Å². The maximum absolute atomic E-state index is 12.3. The molecule has 3 aliphatic rings. The molecule has 1 atom stereocenters. The van der Waals surface area contributed by atoms with E-state index in [1.54, 1.807) is 0 Å². The normalized spacial score (nSPS) is 27.4. The number of hydrogen-bond acceptors (Lipinski definition) is 5. The van der Waals surface area contributed by atoms with Crippen molar-refractivity contribution in [2.24, 2.45) is 5.73 Å². The first-order chi connectivity index (χ1) is 13.5. The molecule has 154 valence electrons. The van der Waals surface area contributed by atoms with Crippen LogP contribution in [0.25, 0.3) is 0 Å². The van der Waals surface area contributed by atoms with Crippen molar-refractivity contribution in [1.82, 2.24) is 5.32 Å². The molecule has 1 aromatic carbocycles. The summed E-state index contributed by atoms with van der Waals surface area (Å²) in [5.41, 5.74) is 8.29. The fraction of sp³-hybridized carbons (Fsp3) is 0.667. The zero-order chi connectivity index (χ0) is 20.0. The molecule has 0 saturated heterocycles. The molecule has 0 radical (unpaired) electrons. The molecule has 0 aliphatic heterocycles. The van der Waals surface area contributed by atoms with Crippen LogP contribution >= 0.6 is 0 Å². The van der Waals surface area contributed by atoms with Gasteiger partial charge >= 0.3 is 7.69 Å². The van der Waals surface area contributed by atoms with Crippen molar-refractivity contribution in [3.8, 4) is 0 Å². The minimum atomic E-state index is -0.496. The van der Waals surface area contributed by atoms with E-state index in [2.05, 4.69) is 29.6 Å². The molecule has 28 heavy (non-hydrogen) atoms. The lowest BCUT2D eigenvalue weighted by Gasteiger charge is -2.53. The van der Waals surface area contributed by atoms with Crippen LogP contribution in [-0.4, -0.2) is 44.1 Å². The fourth-order valence-corrected chi connectivity index (χ4v) is 4.87. The molecule has 3 aliphatic carbocycles. The van der Waals surface area contributed by atoms with Crippen LogP contribution in [0.1, 0.15) is 62.5 Å². The van der Waals surface area contributed by atoms with Gasteiger partial charge in [0.15, 0.2) is 0 Å². The molecule has 0 spiro atoms. The number of nitrogens with one attached hydrogen (secondary N) is 1. The Balaban J connectivity index is 1.57. The van der Waals surface area contributed by atoms with Gasteiger partial charge in [-0.1, -0.05) is 24.3 Å². The number of hydrogen-bond donors (Lipinski definition) is 3. The Bertz CT molecular complexity index is 628. The second kappa shape index (κ2) is 9.40. The molecule has 0 heterocycles. The molecule has 4 rings (SSSR count). The highest BCUT2D eigenvalue weighted by atomic mass is 16.5. The van der Waals surface area contributed by atoms with Crippen molar-refractivity contribution in [3.05, 3.63) is 35.4 Å². The number of fused-ring (bicyclic) bond motifs is 3. The molecule has 0 aromatic heterocycles. The van der Waals surface area contributed by atoms with Crippen molar-refractivity contribution < 1.29 is 19.2 Å². The molecule has 1 amide bonds. The second-order valence-electron chi connectivity index (χ2n) is 8.32. The van der Waals surface area contributed by atoms with E-state index in [-0.39, 0.29) is 16.9 Å². The van der Waals surface area contributed by atoms with E-state index in [1.807, 2.05) is 7.11 Å². The van der Waals surface area contributed by atoms with E-state index >= 15 is 0 Å². The fourth-order valence-electron chi connectivity index (χ4n) is 4.87. The number of ether oxygens (including phenoxy) is 1. The molecule has 1 aromatic rings. The minimum Gasteiger partial charge on any atom is -0.430 e. The third-order valence-corrected chi connectivity index (χ3v) is 6.81. The lowest BCUT2D eigenvalue weighted by molar-refractivity contribution is -0.123. The second-order valence-corrected chi connectivity index (χ2v) is 8.32. The molecule has 2 bridgehead atoms. The van der Waals surface area contributed by atoms with Gasteiger partial charge in [0.2, 0.25) is 5.91 Å². The zero-order valence-electron chi connectivity index (χ0n) is 16.9. The lowest BCUT2D eigenvalue weighted by atomic mass is 9.56. The van der Waals surface area contributed by atoms with Crippen LogP contribution in [0, 0.1) is 0 Å². The van der Waals surface area contributed by atoms with Crippen molar-refractivity contribution in [3.63, 3.8) is 0 Å². The van der Waals surface area contributed by atoms with Gasteiger partial charge in [-0.2, -0.15) is 0 Å². The first kappa shape index (κ1) is 21.3. The number of rotatable bonds is 10. The van der Waals surface area contributed by atoms with Crippen molar-refractivity contribution >= 4 is 13.6 Å². The zero-order valence-corrected chi connectivity index (χ0v) is 16.9. The molecule has 3 fully saturated rings. The van der Waals surface area contributed by atoms with Gasteiger partial charge in [-0.25, -0.2) is 0 Å². The highest BCUT2D eigenvalue weighted by molar-refractivity contribution is 6.15. The minimum absolute atomic E-state index is 0.110. The summed E-state index contributed by atoms with van der Waals surface area (Å²) in [5.74, 6) is -0.110. The number of nitrogens with two attached hydrogens (primary N) is 1. The number of carbonyl (C=O) groups excluding carboxylic acids is 1. The SMILES string of the molecule is COC12CCC(c3ccc(CC(=O)N[C@@H](CCCN)OBO)cc3)(CC1)CC2. The standard InChI is InChI=1S/C21H33BN2O4/c1-27-21-11-8-20(9-12-21,10-13-21)17-6-4-16(5-7-17)15-18(25)24-19(28-22-26)3-2-14-23/h4-7,19,22,26H,2-3,8-15,23H2,1H3,(H,24,25)/t19-,20?,21?/m1/s1. The van der Waals surface area contributed by atoms with Gasteiger partial charge in [-0.15, -0.1) is 0 Å². The Labute approximate surface area is 168 Å². The first-order valence-corrected chi connectivity index (χ1v) is 10.4. The summed E-state index contributed by atoms with van der Waals surface area (Å²) < 4.78 is 11.0. The summed E-state index contributed by atoms with van der Waals surface area (Å²) >= 11 is 0. The van der Waals surface area contributed by atoms with Gasteiger partial charge < -0.3 is 25.5 Å². The molecule has 7 heteroatoms. The van der Waals surface area contributed by atoms with Crippen LogP contribution < -0.4 is 11.1 Å². The van der Waals surface area contributed by atoms with Crippen LogP contribution in [0.2, 0.25) is 0 Å². The molecule has 6 nitrogen and oxygen atoms in total. The van der Waals surface area contributed by atoms with Gasteiger partial charge in [-0.05, 0) is 74.5 Å². The predicted molar refractivity (Wildman–Crippen MR) is 110 cm³/mol. The first-order valence-electron chi connectivity index (χ1n) is 10.4. The third kappa shape index (κ3) is 4.77. The Morgan fingerprint density at radius 1 is 1.21 bits per heavy atom. The number of methoxy groups -OCH3 is 1. The van der Waals surface area contributed by atoms with Gasteiger partial charge in [-0.3, -0.25) is 4.79 Å². The van der Waals surface area contributed by atoms with Gasteiger partial charge in [0.1, 0.15) is 6.23 Å². The molecule has 3 saturated carbocycles. The van der Waals surface area contributed by atoms with Gasteiger partial charge in [0.05, 0.1) is 12.0 Å².